The van der Waals surface area contributed by atoms with Crippen LogP contribution in [0.4, 0.5) is 0 Å². The zero-order chi connectivity index (χ0) is 32.2. The molecule has 10 heteroatoms. The van der Waals surface area contributed by atoms with Gasteiger partial charge in [-0.1, -0.05) is 108 Å². The third kappa shape index (κ3) is 6.68. The Hall–Kier alpha value is -4.16. The van der Waals surface area contributed by atoms with Crippen LogP contribution in [0.5, 0.6) is 0 Å². The van der Waals surface area contributed by atoms with E-state index in [0.717, 1.165) is 16.9 Å². The monoisotopic (exact) mass is 684 g/mol. The lowest BCUT2D eigenvalue weighted by Crippen LogP contribution is -2.50. The lowest BCUT2D eigenvalue weighted by molar-refractivity contribution is -0.126. The van der Waals surface area contributed by atoms with E-state index in [-0.39, 0.29) is 21.3 Å². The predicted octanol–water partition coefficient (Wildman–Crippen LogP) is 6.30. The smallest absolute Gasteiger partial charge is 0.273 e. The lowest BCUT2D eigenvalue weighted by atomic mass is 9.96. The molecular formula is C36H27Cl3N4O2S. The summed E-state index contributed by atoms with van der Waals surface area (Å²) in [6.45, 7) is 2.05. The molecule has 0 N–H and O–H groups in total. The second-order valence-corrected chi connectivity index (χ2v) is 13.1. The van der Waals surface area contributed by atoms with Gasteiger partial charge in [-0.3, -0.25) is 19.1 Å². The fourth-order valence-corrected chi connectivity index (χ4v) is 7.36. The third-order valence-corrected chi connectivity index (χ3v) is 9.76. The summed E-state index contributed by atoms with van der Waals surface area (Å²) in [6, 6.07) is 34.5. The lowest BCUT2D eigenvalue weighted by Gasteiger charge is -2.39. The van der Waals surface area contributed by atoms with Gasteiger partial charge < -0.3 is 4.90 Å². The maximum Gasteiger partial charge on any atom is 0.273 e. The molecule has 1 fully saturated rings. The standard InChI is InChI=1S/C36H27Cl3N4O2S/c37-27-13-11-24(12-14-27)21-32-35(45)43(31-16-15-28(38)22-30(31)39)36(46-32)29(23-40)34(44)42-19-17-41(18-20-42)33(25-7-3-1-4-8-25)26-9-5-2-6-10-26/h1-16,21-22,33H,17-20H2/b32-21-,36-29-. The van der Waals surface area contributed by atoms with E-state index in [0.29, 0.717) is 46.4 Å². The molecule has 1 aliphatic heterocycles. The summed E-state index contributed by atoms with van der Waals surface area (Å²) in [5.74, 6) is -0.434. The fraction of sp³-hybridized carbons (Fsp3) is 0.139. The number of nitrogens with zero attached hydrogens (tertiary/aromatic N) is 4. The van der Waals surface area contributed by atoms with Crippen molar-refractivity contribution in [3.8, 4) is 11.8 Å². The van der Waals surface area contributed by atoms with Gasteiger partial charge in [-0.2, -0.15) is 5.26 Å². The SMILES string of the molecule is N#C/C(C(=O)N1CCN(C(c2ccccc2)c2ccccc2)CC1)=c1/s/c(=C\c2ccc(Cl)cc2)c(=O)n1-c1ccc(Cl)cc1Cl. The summed E-state index contributed by atoms with van der Waals surface area (Å²) in [7, 11) is 0. The van der Waals surface area contributed by atoms with Gasteiger partial charge in [0.25, 0.3) is 11.5 Å². The Labute approximate surface area is 285 Å². The van der Waals surface area contributed by atoms with E-state index < -0.39 is 11.5 Å². The van der Waals surface area contributed by atoms with Gasteiger partial charge in [0.1, 0.15) is 10.7 Å². The highest BCUT2D eigenvalue weighted by molar-refractivity contribution is 7.07. The van der Waals surface area contributed by atoms with E-state index in [1.807, 2.05) is 36.4 Å². The normalized spacial score (nSPS) is 14.8. The van der Waals surface area contributed by atoms with Crippen LogP contribution in [0.3, 0.4) is 0 Å². The Morgan fingerprint density at radius 3 is 1.96 bits per heavy atom. The van der Waals surface area contributed by atoms with Crippen molar-refractivity contribution in [1.82, 2.24) is 14.4 Å². The van der Waals surface area contributed by atoms with Crippen LogP contribution in [-0.4, -0.2) is 46.5 Å². The molecule has 6 nitrogen and oxygen atoms in total. The van der Waals surface area contributed by atoms with E-state index in [1.165, 1.54) is 21.8 Å². The number of aromatic nitrogens is 1. The molecule has 230 valence electrons. The van der Waals surface area contributed by atoms with Crippen molar-refractivity contribution in [3.05, 3.63) is 154 Å². The Morgan fingerprint density at radius 2 is 1.39 bits per heavy atom. The van der Waals surface area contributed by atoms with Crippen molar-refractivity contribution < 1.29 is 4.79 Å². The molecular weight excluding hydrogens is 659 g/mol. The van der Waals surface area contributed by atoms with Gasteiger partial charge in [-0.05, 0) is 53.1 Å². The molecule has 1 saturated heterocycles. The highest BCUT2D eigenvalue weighted by Gasteiger charge is 2.30. The molecule has 4 aromatic carbocycles. The fourth-order valence-electron chi connectivity index (χ4n) is 5.65. The molecule has 0 saturated carbocycles. The van der Waals surface area contributed by atoms with Crippen molar-refractivity contribution in [2.45, 2.75) is 6.04 Å². The van der Waals surface area contributed by atoms with Gasteiger partial charge >= 0.3 is 0 Å². The van der Waals surface area contributed by atoms with Crippen molar-refractivity contribution in [1.29, 1.82) is 5.26 Å². The zero-order valence-electron chi connectivity index (χ0n) is 24.4. The topological polar surface area (TPSA) is 69.3 Å². The van der Waals surface area contributed by atoms with Gasteiger partial charge in [0, 0.05) is 36.2 Å². The number of hydrogen-bond donors (Lipinski definition) is 0. The Balaban J connectivity index is 1.38. The number of nitriles is 1. The van der Waals surface area contributed by atoms with E-state index in [2.05, 4.69) is 35.2 Å². The molecule has 6 rings (SSSR count). The largest absolute Gasteiger partial charge is 0.335 e. The second kappa shape index (κ2) is 14.1. The Kier molecular flexibility index (Phi) is 9.74. The van der Waals surface area contributed by atoms with E-state index >= 15 is 0 Å². The summed E-state index contributed by atoms with van der Waals surface area (Å²) in [5, 5.41) is 11.6. The first-order valence-electron chi connectivity index (χ1n) is 14.6. The summed E-state index contributed by atoms with van der Waals surface area (Å²) in [4.78, 5) is 32.0. The minimum atomic E-state index is -0.434. The highest BCUT2D eigenvalue weighted by atomic mass is 35.5. The third-order valence-electron chi connectivity index (χ3n) is 7.88. The maximum absolute atomic E-state index is 14.0. The van der Waals surface area contributed by atoms with Crippen molar-refractivity contribution in [2.75, 3.05) is 26.2 Å². The summed E-state index contributed by atoms with van der Waals surface area (Å²) in [5.41, 5.74) is 2.89. The quantitative estimate of drug-likeness (QED) is 0.211. The average Bonchev–Trinajstić information content (AvgIpc) is 3.38. The molecule has 0 aliphatic carbocycles. The number of amides is 1. The van der Waals surface area contributed by atoms with Crippen LogP contribution in [0, 0.1) is 11.3 Å². The zero-order valence-corrected chi connectivity index (χ0v) is 27.5. The summed E-state index contributed by atoms with van der Waals surface area (Å²) >= 11 is 19.8. The molecule has 46 heavy (non-hydrogen) atoms. The van der Waals surface area contributed by atoms with Gasteiger partial charge in [-0.15, -0.1) is 11.3 Å². The molecule has 1 aromatic heterocycles. The number of carbonyl (C=O) groups is 1. The van der Waals surface area contributed by atoms with Crippen LogP contribution in [0.15, 0.2) is 108 Å². The number of carbonyl (C=O) groups excluding carboxylic acids is 1. The molecule has 1 aliphatic rings. The predicted molar refractivity (Wildman–Crippen MR) is 186 cm³/mol. The van der Waals surface area contributed by atoms with Crippen LogP contribution < -0.4 is 14.8 Å². The molecule has 0 bridgehead atoms. The summed E-state index contributed by atoms with van der Waals surface area (Å²) < 4.78 is 1.87. The first-order chi connectivity index (χ1) is 22.3. The molecule has 0 spiro atoms. The van der Waals surface area contributed by atoms with Crippen LogP contribution in [0.25, 0.3) is 17.3 Å². The molecule has 5 aromatic rings. The first-order valence-corrected chi connectivity index (χ1v) is 16.5. The molecule has 1 amide bonds. The van der Waals surface area contributed by atoms with E-state index in [9.17, 15) is 14.9 Å². The van der Waals surface area contributed by atoms with Crippen LogP contribution in [-0.2, 0) is 4.79 Å². The van der Waals surface area contributed by atoms with Crippen molar-refractivity contribution in [3.63, 3.8) is 0 Å². The number of thiazole rings is 1. The number of hydrogen-bond acceptors (Lipinski definition) is 5. The molecule has 2 heterocycles. The van der Waals surface area contributed by atoms with Crippen molar-refractivity contribution in [2.24, 2.45) is 0 Å². The van der Waals surface area contributed by atoms with Crippen LogP contribution >= 0.6 is 46.1 Å². The molecule has 0 radical (unpaired) electrons. The number of rotatable bonds is 6. The average molecular weight is 686 g/mol. The highest BCUT2D eigenvalue weighted by Crippen LogP contribution is 2.30. The van der Waals surface area contributed by atoms with Gasteiger partial charge in [0.15, 0.2) is 5.57 Å². The van der Waals surface area contributed by atoms with Crippen LogP contribution in [0.2, 0.25) is 15.1 Å². The summed E-state index contributed by atoms with van der Waals surface area (Å²) in [6.07, 6.45) is 1.71. The minimum Gasteiger partial charge on any atom is -0.335 e. The Bertz CT molecular complexity index is 2060. The minimum absolute atomic E-state index is 0.0274. The first kappa shape index (κ1) is 31.8. The van der Waals surface area contributed by atoms with Crippen LogP contribution in [0.1, 0.15) is 22.7 Å². The van der Waals surface area contributed by atoms with E-state index in [1.54, 1.807) is 47.4 Å². The van der Waals surface area contributed by atoms with Gasteiger partial charge in [0.2, 0.25) is 0 Å². The van der Waals surface area contributed by atoms with Crippen molar-refractivity contribution >= 4 is 63.7 Å². The maximum atomic E-state index is 14.0. The van der Waals surface area contributed by atoms with Gasteiger partial charge in [-0.25, -0.2) is 0 Å². The molecule has 0 atom stereocenters. The number of piperazine rings is 1. The number of benzene rings is 4. The Morgan fingerprint density at radius 1 is 0.804 bits per heavy atom. The second-order valence-electron chi connectivity index (χ2n) is 10.7. The molecule has 0 unspecified atom stereocenters. The van der Waals surface area contributed by atoms with E-state index in [4.69, 9.17) is 34.8 Å². The van der Waals surface area contributed by atoms with Gasteiger partial charge in [0.05, 0.1) is 21.3 Å². The number of halogens is 3.